The van der Waals surface area contributed by atoms with Crippen molar-refractivity contribution in [1.82, 2.24) is 14.8 Å². The van der Waals surface area contributed by atoms with E-state index in [4.69, 9.17) is 4.74 Å². The van der Waals surface area contributed by atoms with Gasteiger partial charge in [-0.2, -0.15) is 0 Å². The minimum atomic E-state index is -0.329. The highest BCUT2D eigenvalue weighted by Gasteiger charge is 2.09. The first-order chi connectivity index (χ1) is 8.13. The molecular formula is C10H15N3O3S. The fraction of sp³-hybridized carbons (Fsp3) is 0.600. The van der Waals surface area contributed by atoms with Gasteiger partial charge in [-0.25, -0.2) is 0 Å². The van der Waals surface area contributed by atoms with Crippen molar-refractivity contribution in [2.75, 3.05) is 12.4 Å². The number of nitrogens with zero attached hydrogens (tertiary/aromatic N) is 3. The first kappa shape index (κ1) is 13.7. The van der Waals surface area contributed by atoms with Crippen LogP contribution in [0.2, 0.25) is 0 Å². The van der Waals surface area contributed by atoms with E-state index in [9.17, 15) is 9.59 Å². The van der Waals surface area contributed by atoms with E-state index < -0.39 is 0 Å². The van der Waals surface area contributed by atoms with Gasteiger partial charge in [-0.3, -0.25) is 9.59 Å². The lowest BCUT2D eigenvalue weighted by Gasteiger charge is -2.01. The van der Waals surface area contributed by atoms with Gasteiger partial charge in [0.1, 0.15) is 12.1 Å². The molecule has 0 spiro atoms. The van der Waals surface area contributed by atoms with Gasteiger partial charge in [0.05, 0.1) is 18.8 Å². The maximum atomic E-state index is 11.5. The fourth-order valence-electron chi connectivity index (χ4n) is 1.10. The molecule has 7 heteroatoms. The van der Waals surface area contributed by atoms with E-state index in [0.29, 0.717) is 17.5 Å². The van der Waals surface area contributed by atoms with Crippen LogP contribution in [-0.2, 0) is 21.4 Å². The first-order valence-electron chi connectivity index (χ1n) is 5.27. The first-order valence-corrected chi connectivity index (χ1v) is 6.26. The van der Waals surface area contributed by atoms with Crippen molar-refractivity contribution in [1.29, 1.82) is 0 Å². The molecule has 0 aromatic carbocycles. The van der Waals surface area contributed by atoms with Crippen LogP contribution >= 0.6 is 11.8 Å². The maximum Gasteiger partial charge on any atom is 0.306 e. The molecule has 94 valence electrons. The molecule has 0 saturated carbocycles. The Morgan fingerprint density at radius 1 is 1.47 bits per heavy atom. The van der Waals surface area contributed by atoms with Crippen LogP contribution in [0.4, 0.5) is 0 Å². The largest absolute Gasteiger partial charge is 0.466 e. The van der Waals surface area contributed by atoms with Crippen LogP contribution in [0.5, 0.6) is 0 Å². The molecule has 0 amide bonds. The third-order valence-electron chi connectivity index (χ3n) is 1.95. The van der Waals surface area contributed by atoms with Crippen molar-refractivity contribution in [3.63, 3.8) is 0 Å². The number of aromatic nitrogens is 3. The smallest absolute Gasteiger partial charge is 0.306 e. The van der Waals surface area contributed by atoms with Crippen LogP contribution in [0, 0.1) is 0 Å². The Kier molecular flexibility index (Phi) is 5.68. The number of hydrogen-bond acceptors (Lipinski definition) is 6. The van der Waals surface area contributed by atoms with Gasteiger partial charge < -0.3 is 9.30 Å². The molecule has 0 fully saturated rings. The molecule has 0 saturated heterocycles. The number of carbonyl (C=O) groups is 2. The maximum absolute atomic E-state index is 11.5. The van der Waals surface area contributed by atoms with Crippen LogP contribution in [0.15, 0.2) is 11.5 Å². The van der Waals surface area contributed by atoms with Crippen molar-refractivity contribution in [2.45, 2.75) is 24.9 Å². The summed E-state index contributed by atoms with van der Waals surface area (Å²) in [6.45, 7) is 2.09. The molecule has 6 nitrogen and oxygen atoms in total. The second kappa shape index (κ2) is 7.05. The van der Waals surface area contributed by atoms with Gasteiger partial charge in [0.2, 0.25) is 0 Å². The zero-order valence-electron chi connectivity index (χ0n) is 9.88. The molecule has 1 rings (SSSR count). The average molecular weight is 257 g/mol. The number of aryl methyl sites for hydroxylation is 1. The Bertz CT molecular complexity index is 392. The van der Waals surface area contributed by atoms with Crippen molar-refractivity contribution in [2.24, 2.45) is 7.05 Å². The van der Waals surface area contributed by atoms with Crippen LogP contribution in [-0.4, -0.2) is 38.9 Å². The second-order valence-electron chi connectivity index (χ2n) is 3.36. The van der Waals surface area contributed by atoms with Gasteiger partial charge in [0, 0.05) is 13.5 Å². The zero-order chi connectivity index (χ0) is 12.7. The van der Waals surface area contributed by atoms with Crippen LogP contribution < -0.4 is 0 Å². The van der Waals surface area contributed by atoms with E-state index >= 15 is 0 Å². The van der Waals surface area contributed by atoms with Gasteiger partial charge in [-0.1, -0.05) is 11.8 Å². The summed E-state index contributed by atoms with van der Waals surface area (Å²) >= 11 is 1.31. The molecule has 0 bridgehead atoms. The summed E-state index contributed by atoms with van der Waals surface area (Å²) in [5.41, 5.74) is 0. The number of Topliss-reactive ketones (excluding diaryl/α,β-unsaturated/α-hetero) is 1. The highest BCUT2D eigenvalue weighted by atomic mass is 32.2. The van der Waals surface area contributed by atoms with E-state index in [1.54, 1.807) is 17.8 Å². The quantitative estimate of drug-likeness (QED) is 0.532. The molecule has 0 N–H and O–H groups in total. The van der Waals surface area contributed by atoms with E-state index in [2.05, 4.69) is 10.2 Å². The third-order valence-corrected chi connectivity index (χ3v) is 3.04. The number of carbonyl (C=O) groups excluding carboxylic acids is 2. The van der Waals surface area contributed by atoms with Crippen LogP contribution in [0.3, 0.4) is 0 Å². The fourth-order valence-corrected chi connectivity index (χ4v) is 1.89. The van der Waals surface area contributed by atoms with E-state index in [0.717, 1.165) is 0 Å². The van der Waals surface area contributed by atoms with Crippen LogP contribution in [0.1, 0.15) is 19.8 Å². The molecule has 1 aromatic rings. The van der Waals surface area contributed by atoms with Crippen molar-refractivity contribution >= 4 is 23.5 Å². The highest BCUT2D eigenvalue weighted by Crippen LogP contribution is 2.14. The van der Waals surface area contributed by atoms with Crippen LogP contribution in [0.25, 0.3) is 0 Å². The number of esters is 1. The SMILES string of the molecule is CCOC(=O)CCC(=O)CSc1nncn1C. The lowest BCUT2D eigenvalue weighted by atomic mass is 10.2. The Morgan fingerprint density at radius 3 is 2.82 bits per heavy atom. The third kappa shape index (κ3) is 4.99. The summed E-state index contributed by atoms with van der Waals surface area (Å²) in [6, 6.07) is 0. The van der Waals surface area contributed by atoms with Gasteiger partial charge in [-0.05, 0) is 6.92 Å². The normalized spacial score (nSPS) is 10.2. The Morgan fingerprint density at radius 2 is 2.24 bits per heavy atom. The van der Waals surface area contributed by atoms with Gasteiger partial charge in [0.15, 0.2) is 5.16 Å². The Balaban J connectivity index is 2.22. The molecule has 0 atom stereocenters. The zero-order valence-corrected chi connectivity index (χ0v) is 10.7. The molecular weight excluding hydrogens is 242 g/mol. The van der Waals surface area contributed by atoms with Crippen molar-refractivity contribution < 1.29 is 14.3 Å². The molecule has 0 aliphatic heterocycles. The Labute approximate surface area is 104 Å². The van der Waals surface area contributed by atoms with E-state index in [1.807, 2.05) is 7.05 Å². The molecule has 0 radical (unpaired) electrons. The summed E-state index contributed by atoms with van der Waals surface area (Å²) in [7, 11) is 1.81. The summed E-state index contributed by atoms with van der Waals surface area (Å²) in [5.74, 6) is -0.0260. The number of thioether (sulfide) groups is 1. The van der Waals surface area contributed by atoms with Crippen molar-refractivity contribution in [3.05, 3.63) is 6.33 Å². The standard InChI is InChI=1S/C10H15N3O3S/c1-3-16-9(15)5-4-8(14)6-17-10-12-11-7-13(10)2/h7H,3-6H2,1-2H3. The van der Waals surface area contributed by atoms with Gasteiger partial charge in [0.25, 0.3) is 0 Å². The van der Waals surface area contributed by atoms with Gasteiger partial charge >= 0.3 is 5.97 Å². The molecule has 1 heterocycles. The summed E-state index contributed by atoms with van der Waals surface area (Å²) in [5, 5.41) is 8.24. The second-order valence-corrected chi connectivity index (χ2v) is 4.30. The highest BCUT2D eigenvalue weighted by molar-refractivity contribution is 7.99. The topological polar surface area (TPSA) is 74.1 Å². The monoisotopic (exact) mass is 257 g/mol. The van der Waals surface area contributed by atoms with E-state index in [1.165, 1.54) is 11.8 Å². The Hall–Kier alpha value is -1.37. The minimum absolute atomic E-state index is 0.00560. The summed E-state index contributed by atoms with van der Waals surface area (Å²) in [4.78, 5) is 22.5. The van der Waals surface area contributed by atoms with Crippen molar-refractivity contribution in [3.8, 4) is 0 Å². The summed E-state index contributed by atoms with van der Waals surface area (Å²) in [6.07, 6.45) is 1.93. The number of ether oxygens (including phenoxy) is 1. The molecule has 17 heavy (non-hydrogen) atoms. The average Bonchev–Trinajstić information content (AvgIpc) is 2.70. The summed E-state index contributed by atoms with van der Waals surface area (Å²) < 4.78 is 6.48. The molecule has 1 aromatic heterocycles. The van der Waals surface area contributed by atoms with E-state index in [-0.39, 0.29) is 24.6 Å². The minimum Gasteiger partial charge on any atom is -0.466 e. The lowest BCUT2D eigenvalue weighted by Crippen LogP contribution is -2.09. The predicted molar refractivity (Wildman–Crippen MR) is 62.6 cm³/mol. The number of ketones is 1. The molecule has 0 unspecified atom stereocenters. The predicted octanol–water partition coefficient (Wildman–Crippen LogP) is 0.820. The lowest BCUT2D eigenvalue weighted by molar-refractivity contribution is -0.144. The molecule has 0 aliphatic carbocycles. The van der Waals surface area contributed by atoms with Gasteiger partial charge in [-0.15, -0.1) is 10.2 Å². The number of hydrogen-bond donors (Lipinski definition) is 0. The number of rotatable bonds is 7. The molecule has 0 aliphatic rings.